The predicted molar refractivity (Wildman–Crippen MR) is 138 cm³/mol. The van der Waals surface area contributed by atoms with Crippen molar-refractivity contribution in [3.8, 4) is 11.5 Å². The van der Waals surface area contributed by atoms with Crippen molar-refractivity contribution in [2.75, 3.05) is 6.61 Å². The number of fused-ring (bicyclic) bond motifs is 2. The second-order valence-corrected chi connectivity index (χ2v) is 9.86. The average molecular weight is 470 g/mol. The van der Waals surface area contributed by atoms with E-state index >= 15 is 0 Å². The number of aromatic nitrogens is 2. The molecule has 1 atom stereocenters. The van der Waals surface area contributed by atoms with E-state index in [4.69, 9.17) is 20.2 Å². The van der Waals surface area contributed by atoms with E-state index in [9.17, 15) is 4.79 Å². The fraction of sp³-hybridized carbons (Fsp3) is 0.345. The van der Waals surface area contributed by atoms with E-state index in [0.717, 1.165) is 57.9 Å². The van der Waals surface area contributed by atoms with E-state index in [1.807, 2.05) is 24.5 Å². The first kappa shape index (κ1) is 23.1. The Morgan fingerprint density at radius 2 is 1.74 bits per heavy atom. The largest absolute Gasteiger partial charge is 0.488 e. The number of nitrogens with two attached hydrogens (primary N) is 1. The zero-order valence-electron chi connectivity index (χ0n) is 20.5. The molecule has 0 bridgehead atoms. The Hall–Kier alpha value is -3.67. The Morgan fingerprint density at radius 3 is 2.49 bits per heavy atom. The molecule has 1 fully saturated rings. The number of nitrogens with zero attached hydrogens (tertiary/aromatic N) is 2. The van der Waals surface area contributed by atoms with Crippen molar-refractivity contribution in [1.29, 1.82) is 0 Å². The molecule has 6 nitrogen and oxygen atoms in total. The smallest absolute Gasteiger partial charge is 0.255 e. The average Bonchev–Trinajstić information content (AvgIpc) is 3.66. The summed E-state index contributed by atoms with van der Waals surface area (Å²) in [6.07, 6.45) is 7.09. The van der Waals surface area contributed by atoms with Crippen LogP contribution in [0.4, 0.5) is 0 Å². The van der Waals surface area contributed by atoms with E-state index in [2.05, 4.69) is 56.1 Å². The quantitative estimate of drug-likeness (QED) is 0.342. The molecular weight excluding hydrogens is 438 g/mol. The highest BCUT2D eigenvalue weighted by Gasteiger charge is 2.25. The van der Waals surface area contributed by atoms with Crippen LogP contribution in [0, 0.1) is 0 Å². The van der Waals surface area contributed by atoms with E-state index in [-0.39, 0.29) is 12.5 Å². The molecule has 0 radical (unpaired) electrons. The highest BCUT2D eigenvalue weighted by atomic mass is 16.5. The van der Waals surface area contributed by atoms with Crippen molar-refractivity contribution in [3.05, 3.63) is 71.5 Å². The van der Waals surface area contributed by atoms with Gasteiger partial charge in [0, 0.05) is 23.2 Å². The molecule has 1 saturated carbocycles. The maximum absolute atomic E-state index is 11.3. The lowest BCUT2D eigenvalue weighted by atomic mass is 9.92. The molecule has 1 aliphatic rings. The van der Waals surface area contributed by atoms with Crippen LogP contribution in [0.1, 0.15) is 62.1 Å². The van der Waals surface area contributed by atoms with Crippen LogP contribution in [0.15, 0.2) is 54.9 Å². The monoisotopic (exact) mass is 469 g/mol. The van der Waals surface area contributed by atoms with Gasteiger partial charge in [-0.15, -0.1) is 0 Å². The van der Waals surface area contributed by atoms with Gasteiger partial charge in [-0.25, -0.2) is 0 Å². The summed E-state index contributed by atoms with van der Waals surface area (Å²) in [5.41, 5.74) is 10.5. The number of hydrogen-bond acceptors (Lipinski definition) is 5. The van der Waals surface area contributed by atoms with E-state index in [0.29, 0.717) is 17.8 Å². The number of pyridine rings is 2. The van der Waals surface area contributed by atoms with Crippen LogP contribution in [-0.4, -0.2) is 28.6 Å². The number of carbonyl (C=O) groups is 1. The lowest BCUT2D eigenvalue weighted by Gasteiger charge is -2.17. The Balaban J connectivity index is 1.46. The molecule has 180 valence electrons. The Labute approximate surface area is 205 Å². The minimum absolute atomic E-state index is 0.167. The summed E-state index contributed by atoms with van der Waals surface area (Å²) in [6, 6.07) is 14.7. The van der Waals surface area contributed by atoms with Crippen molar-refractivity contribution < 1.29 is 14.3 Å². The van der Waals surface area contributed by atoms with Crippen LogP contribution in [0.5, 0.6) is 11.5 Å². The van der Waals surface area contributed by atoms with Crippen molar-refractivity contribution >= 4 is 27.7 Å². The fourth-order valence-corrected chi connectivity index (χ4v) is 4.38. The number of benzene rings is 2. The third-order valence-electron chi connectivity index (χ3n) is 6.48. The summed E-state index contributed by atoms with van der Waals surface area (Å²) in [5, 5.41) is 2.10. The predicted octanol–water partition coefficient (Wildman–Crippen LogP) is 5.66. The van der Waals surface area contributed by atoms with E-state index in [1.165, 1.54) is 5.56 Å². The van der Waals surface area contributed by atoms with Crippen LogP contribution in [0.3, 0.4) is 0 Å². The maximum Gasteiger partial charge on any atom is 0.255 e. The molecule has 5 rings (SSSR count). The highest BCUT2D eigenvalue weighted by molar-refractivity contribution is 5.87. The second-order valence-electron chi connectivity index (χ2n) is 9.86. The van der Waals surface area contributed by atoms with Crippen LogP contribution in [0.2, 0.25) is 0 Å². The molecular formula is C29H31N3O3. The van der Waals surface area contributed by atoms with Gasteiger partial charge in [0.25, 0.3) is 5.91 Å². The summed E-state index contributed by atoms with van der Waals surface area (Å²) in [6.45, 7) is 6.33. The number of primary amides is 1. The van der Waals surface area contributed by atoms with Crippen molar-refractivity contribution in [1.82, 2.24) is 9.97 Å². The Bertz CT molecular complexity index is 1400. The van der Waals surface area contributed by atoms with Gasteiger partial charge in [-0.3, -0.25) is 14.8 Å². The van der Waals surface area contributed by atoms with Gasteiger partial charge in [-0.1, -0.05) is 26.8 Å². The van der Waals surface area contributed by atoms with Gasteiger partial charge in [0.15, 0.2) is 6.61 Å². The van der Waals surface area contributed by atoms with Crippen LogP contribution >= 0.6 is 0 Å². The third kappa shape index (κ3) is 5.21. The molecule has 2 heterocycles. The van der Waals surface area contributed by atoms with Crippen LogP contribution in [-0.2, 0) is 11.2 Å². The van der Waals surface area contributed by atoms with Gasteiger partial charge in [-0.2, -0.15) is 0 Å². The lowest BCUT2D eigenvalue weighted by molar-refractivity contribution is -0.119. The molecule has 2 aromatic heterocycles. The molecule has 2 aromatic carbocycles. The SMILES string of the molecule is CC(C)c1cc(OCC(N)=O)c2ncc(CC(C)c3cc(OC4CC4)c4ncccc4c3)cc2c1. The molecule has 0 aliphatic heterocycles. The fourth-order valence-electron chi connectivity index (χ4n) is 4.38. The molecule has 35 heavy (non-hydrogen) atoms. The zero-order chi connectivity index (χ0) is 24.5. The highest BCUT2D eigenvalue weighted by Crippen LogP contribution is 2.36. The summed E-state index contributed by atoms with van der Waals surface area (Å²) >= 11 is 0. The Morgan fingerprint density at radius 1 is 1.00 bits per heavy atom. The molecule has 1 amide bonds. The third-order valence-corrected chi connectivity index (χ3v) is 6.48. The number of rotatable bonds is 9. The topological polar surface area (TPSA) is 87.3 Å². The van der Waals surface area contributed by atoms with Crippen LogP contribution < -0.4 is 15.2 Å². The molecule has 0 spiro atoms. The van der Waals surface area contributed by atoms with Gasteiger partial charge in [0.2, 0.25) is 0 Å². The minimum Gasteiger partial charge on any atom is -0.488 e. The molecule has 6 heteroatoms. The van der Waals surface area contributed by atoms with Gasteiger partial charge in [0.05, 0.1) is 6.10 Å². The first-order valence-electron chi connectivity index (χ1n) is 12.3. The van der Waals surface area contributed by atoms with Gasteiger partial charge < -0.3 is 15.2 Å². The van der Waals surface area contributed by atoms with Gasteiger partial charge in [0.1, 0.15) is 22.5 Å². The lowest BCUT2D eigenvalue weighted by Crippen LogP contribution is -2.20. The number of amides is 1. The summed E-state index contributed by atoms with van der Waals surface area (Å²) in [7, 11) is 0. The maximum atomic E-state index is 11.3. The minimum atomic E-state index is -0.505. The number of carbonyl (C=O) groups excluding carboxylic acids is 1. The van der Waals surface area contributed by atoms with Gasteiger partial charge in [-0.05, 0) is 84.2 Å². The van der Waals surface area contributed by atoms with Crippen molar-refractivity contribution in [3.63, 3.8) is 0 Å². The van der Waals surface area contributed by atoms with Gasteiger partial charge >= 0.3 is 0 Å². The Kier molecular flexibility index (Phi) is 6.29. The first-order valence-corrected chi connectivity index (χ1v) is 12.3. The molecule has 0 saturated heterocycles. The standard InChI is InChI=1S/C29H31N3O3/c1-17(2)21-12-23-10-19(15-32-29(23)25(13-21)34-16-27(30)33)9-18(3)22-11-20-5-4-8-31-28(20)26(14-22)35-24-6-7-24/h4-5,8,10-15,17-18,24H,6-7,9,16H2,1-3H3,(H2,30,33). The molecule has 1 unspecified atom stereocenters. The van der Waals surface area contributed by atoms with E-state index in [1.54, 1.807) is 0 Å². The second kappa shape index (κ2) is 9.53. The summed E-state index contributed by atoms with van der Waals surface area (Å²) < 4.78 is 11.9. The normalized spacial score (nSPS) is 14.4. The van der Waals surface area contributed by atoms with Crippen molar-refractivity contribution in [2.45, 2.75) is 58.0 Å². The molecule has 1 aliphatic carbocycles. The van der Waals surface area contributed by atoms with Crippen LogP contribution in [0.25, 0.3) is 21.8 Å². The number of hydrogen-bond donors (Lipinski definition) is 1. The molecule has 4 aromatic rings. The number of ether oxygens (including phenoxy) is 2. The summed E-state index contributed by atoms with van der Waals surface area (Å²) in [4.78, 5) is 20.5. The van der Waals surface area contributed by atoms with E-state index < -0.39 is 5.91 Å². The molecule has 2 N–H and O–H groups in total. The summed E-state index contributed by atoms with van der Waals surface area (Å²) in [5.74, 6) is 1.54. The van der Waals surface area contributed by atoms with Crippen molar-refractivity contribution in [2.24, 2.45) is 5.73 Å². The zero-order valence-corrected chi connectivity index (χ0v) is 20.5. The first-order chi connectivity index (χ1) is 16.9.